The fourth-order valence-corrected chi connectivity index (χ4v) is 2.48. The van der Waals surface area contributed by atoms with E-state index in [1.165, 1.54) is 6.92 Å². The Balaban J connectivity index is 1.93. The minimum absolute atomic E-state index is 0.171. The number of unbranched alkanes of at least 4 members (excludes halogenated alkanes) is 2. The van der Waals surface area contributed by atoms with E-state index in [0.29, 0.717) is 18.0 Å². The van der Waals surface area contributed by atoms with Gasteiger partial charge >= 0.3 is 6.18 Å². The van der Waals surface area contributed by atoms with Crippen molar-refractivity contribution in [2.75, 3.05) is 11.9 Å². The van der Waals surface area contributed by atoms with Gasteiger partial charge in [-0.3, -0.25) is 10.1 Å². The summed E-state index contributed by atoms with van der Waals surface area (Å²) in [4.78, 5) is 15.6. The Morgan fingerprint density at radius 3 is 2.54 bits per heavy atom. The van der Waals surface area contributed by atoms with Crippen LogP contribution in [0, 0.1) is 6.92 Å². The first-order chi connectivity index (χ1) is 13.2. The molecule has 0 spiro atoms. The van der Waals surface area contributed by atoms with Gasteiger partial charge in [-0.2, -0.15) is 13.2 Å². The molecule has 0 aliphatic heterocycles. The summed E-state index contributed by atoms with van der Waals surface area (Å²) in [5.74, 6) is -2.16. The molecule has 0 bridgehead atoms. The van der Waals surface area contributed by atoms with Crippen LogP contribution in [0.5, 0.6) is 5.75 Å². The number of aromatic nitrogens is 1. The first-order valence-electron chi connectivity index (χ1n) is 8.60. The molecule has 152 valence electrons. The zero-order valence-electron chi connectivity index (χ0n) is 15.4. The van der Waals surface area contributed by atoms with Gasteiger partial charge in [0.1, 0.15) is 5.75 Å². The van der Waals surface area contributed by atoms with Crippen molar-refractivity contribution in [3.63, 3.8) is 0 Å². The Kier molecular flexibility index (Phi) is 7.38. The average Bonchev–Trinajstić information content (AvgIpc) is 3.02. The fraction of sp³-hybridized carbons (Fsp3) is 0.389. The van der Waals surface area contributed by atoms with Gasteiger partial charge in [0.15, 0.2) is 16.7 Å². The summed E-state index contributed by atoms with van der Waals surface area (Å²) in [7, 11) is 0. The van der Waals surface area contributed by atoms with Crippen LogP contribution >= 0.6 is 12.2 Å². The number of anilines is 1. The quantitative estimate of drug-likeness (QED) is 0.504. The van der Waals surface area contributed by atoms with E-state index >= 15 is 0 Å². The lowest BCUT2D eigenvalue weighted by molar-refractivity contribution is -0.153. The average molecular weight is 415 g/mol. The van der Waals surface area contributed by atoms with Crippen LogP contribution in [0.2, 0.25) is 0 Å². The number of amides is 1. The van der Waals surface area contributed by atoms with Crippen molar-refractivity contribution >= 4 is 28.9 Å². The number of nitrogens with one attached hydrogen (secondary N) is 2. The second kappa shape index (κ2) is 9.54. The highest BCUT2D eigenvalue weighted by molar-refractivity contribution is 7.80. The molecule has 0 atom stereocenters. The predicted octanol–water partition coefficient (Wildman–Crippen LogP) is 4.70. The lowest BCUT2D eigenvalue weighted by Crippen LogP contribution is -2.35. The van der Waals surface area contributed by atoms with E-state index in [0.717, 1.165) is 19.3 Å². The highest BCUT2D eigenvalue weighted by Gasteiger charge is 2.41. The van der Waals surface area contributed by atoms with Crippen LogP contribution in [-0.4, -0.2) is 22.6 Å². The molecule has 1 amide bonds. The molecule has 0 aliphatic carbocycles. The van der Waals surface area contributed by atoms with Gasteiger partial charge in [0.25, 0.3) is 5.91 Å². The van der Waals surface area contributed by atoms with Crippen molar-refractivity contribution in [1.29, 1.82) is 0 Å². The van der Waals surface area contributed by atoms with Gasteiger partial charge in [0.05, 0.1) is 6.61 Å². The Labute approximate surface area is 165 Å². The number of ether oxygens (including phenoxy) is 1. The molecule has 1 aromatic heterocycles. The number of alkyl halides is 3. The van der Waals surface area contributed by atoms with E-state index < -0.39 is 23.5 Å². The van der Waals surface area contributed by atoms with Gasteiger partial charge in [0, 0.05) is 12.6 Å². The summed E-state index contributed by atoms with van der Waals surface area (Å²) in [6.07, 6.45) is -1.67. The molecule has 0 unspecified atom stereocenters. The maximum Gasteiger partial charge on any atom is 0.452 e. The number of carbonyl (C=O) groups excluding carboxylic acids is 1. The topological polar surface area (TPSA) is 76.4 Å². The second-order valence-corrected chi connectivity index (χ2v) is 6.30. The standard InChI is InChI=1S/C18H20F3N3O3S/c1-3-4-5-10-26-13-8-6-12(7-9-13)23-17(28)24-16(25)14-15(18(19,20)21)27-11(2)22-14/h6-9H,3-5,10H2,1-2H3,(H2,23,24,25,28). The maximum atomic E-state index is 12.9. The van der Waals surface area contributed by atoms with E-state index in [-0.39, 0.29) is 11.0 Å². The molecule has 10 heteroatoms. The van der Waals surface area contributed by atoms with E-state index in [9.17, 15) is 18.0 Å². The van der Waals surface area contributed by atoms with Gasteiger partial charge < -0.3 is 14.5 Å². The summed E-state index contributed by atoms with van der Waals surface area (Å²) < 4.78 is 48.8. The van der Waals surface area contributed by atoms with Gasteiger partial charge in [-0.1, -0.05) is 19.8 Å². The van der Waals surface area contributed by atoms with Crippen molar-refractivity contribution < 1.29 is 27.1 Å². The van der Waals surface area contributed by atoms with E-state index in [2.05, 4.69) is 27.0 Å². The minimum atomic E-state index is -4.84. The molecule has 2 N–H and O–H groups in total. The fourth-order valence-electron chi connectivity index (χ4n) is 2.27. The molecule has 0 radical (unpaired) electrons. The number of rotatable bonds is 7. The monoisotopic (exact) mass is 415 g/mol. The summed E-state index contributed by atoms with van der Waals surface area (Å²) >= 11 is 4.97. The smallest absolute Gasteiger partial charge is 0.452 e. The second-order valence-electron chi connectivity index (χ2n) is 5.90. The van der Waals surface area contributed by atoms with Crippen molar-refractivity contribution in [2.24, 2.45) is 0 Å². The first kappa shape index (κ1) is 21.7. The van der Waals surface area contributed by atoms with Crippen LogP contribution in [-0.2, 0) is 6.18 Å². The number of nitrogens with zero attached hydrogens (tertiary/aromatic N) is 1. The Hall–Kier alpha value is -2.62. The molecular formula is C18H20F3N3O3S. The largest absolute Gasteiger partial charge is 0.494 e. The lowest BCUT2D eigenvalue weighted by atomic mass is 10.2. The van der Waals surface area contributed by atoms with E-state index in [1.807, 2.05) is 0 Å². The Morgan fingerprint density at radius 2 is 1.93 bits per heavy atom. The zero-order chi connectivity index (χ0) is 20.7. The third-order valence-corrected chi connectivity index (χ3v) is 3.77. The third-order valence-electron chi connectivity index (χ3n) is 3.56. The molecule has 0 saturated carbocycles. The summed E-state index contributed by atoms with van der Waals surface area (Å²) in [5, 5.41) is 4.71. The molecule has 1 aromatic carbocycles. The van der Waals surface area contributed by atoms with Gasteiger partial charge in [0.2, 0.25) is 5.76 Å². The van der Waals surface area contributed by atoms with Crippen LogP contribution in [0.15, 0.2) is 28.7 Å². The zero-order valence-corrected chi connectivity index (χ0v) is 16.2. The number of hydrogen-bond acceptors (Lipinski definition) is 5. The molecule has 2 rings (SSSR count). The lowest BCUT2D eigenvalue weighted by Gasteiger charge is -2.11. The van der Waals surface area contributed by atoms with Crippen LogP contribution in [0.1, 0.15) is 48.3 Å². The molecule has 1 heterocycles. The van der Waals surface area contributed by atoms with E-state index in [1.54, 1.807) is 24.3 Å². The van der Waals surface area contributed by atoms with Crippen molar-refractivity contribution in [3.05, 3.63) is 41.6 Å². The van der Waals surface area contributed by atoms with Crippen molar-refractivity contribution in [2.45, 2.75) is 39.3 Å². The number of thiocarbonyl (C=S) groups is 1. The maximum absolute atomic E-state index is 12.9. The number of carbonyl (C=O) groups is 1. The number of benzene rings is 1. The normalized spacial score (nSPS) is 11.2. The number of oxazole rings is 1. The highest BCUT2D eigenvalue weighted by Crippen LogP contribution is 2.32. The minimum Gasteiger partial charge on any atom is -0.494 e. The molecule has 0 aliphatic rings. The molecular weight excluding hydrogens is 395 g/mol. The Bertz CT molecular complexity index is 820. The number of aryl methyl sites for hydroxylation is 1. The van der Waals surface area contributed by atoms with Gasteiger partial charge in [-0.15, -0.1) is 0 Å². The third kappa shape index (κ3) is 6.22. The predicted molar refractivity (Wildman–Crippen MR) is 101 cm³/mol. The first-order valence-corrected chi connectivity index (χ1v) is 9.01. The van der Waals surface area contributed by atoms with Gasteiger partial charge in [-0.25, -0.2) is 4.98 Å². The molecule has 0 saturated heterocycles. The van der Waals surface area contributed by atoms with Crippen LogP contribution in [0.3, 0.4) is 0 Å². The SMILES string of the molecule is CCCCCOc1ccc(NC(=S)NC(=O)c2nc(C)oc2C(F)(F)F)cc1. The van der Waals surface area contributed by atoms with Crippen LogP contribution in [0.25, 0.3) is 0 Å². The summed E-state index contributed by atoms with van der Waals surface area (Å²) in [6, 6.07) is 6.80. The highest BCUT2D eigenvalue weighted by atomic mass is 32.1. The number of hydrogen-bond donors (Lipinski definition) is 2. The molecule has 0 fully saturated rings. The van der Waals surface area contributed by atoms with Crippen LogP contribution < -0.4 is 15.4 Å². The Morgan fingerprint density at radius 1 is 1.25 bits per heavy atom. The summed E-state index contributed by atoms with van der Waals surface area (Å²) in [6.45, 7) is 3.94. The van der Waals surface area contributed by atoms with Gasteiger partial charge in [-0.05, 0) is 42.9 Å². The van der Waals surface area contributed by atoms with Crippen molar-refractivity contribution in [1.82, 2.24) is 10.3 Å². The molecule has 2 aromatic rings. The number of halogens is 3. The molecule has 6 nitrogen and oxygen atoms in total. The van der Waals surface area contributed by atoms with E-state index in [4.69, 9.17) is 17.0 Å². The van der Waals surface area contributed by atoms with Crippen molar-refractivity contribution in [3.8, 4) is 5.75 Å². The summed E-state index contributed by atoms with van der Waals surface area (Å²) in [5.41, 5.74) is -0.330. The van der Waals surface area contributed by atoms with Crippen LogP contribution in [0.4, 0.5) is 18.9 Å². The molecule has 28 heavy (non-hydrogen) atoms.